The Kier molecular flexibility index (Phi) is 3.50. The molecule has 0 saturated carbocycles. The molecule has 0 bridgehead atoms. The van der Waals surface area contributed by atoms with Crippen LogP contribution in [0.25, 0.3) is 5.69 Å². The Morgan fingerprint density at radius 1 is 1.21 bits per heavy atom. The molecule has 6 heteroatoms. The van der Waals surface area contributed by atoms with Gasteiger partial charge in [-0.1, -0.05) is 29.8 Å². The molecule has 2 N–H and O–H groups in total. The summed E-state index contributed by atoms with van der Waals surface area (Å²) in [5.74, 6) is 0.648. The first-order chi connectivity index (χ1) is 11.6. The second-order valence-corrected chi connectivity index (χ2v) is 6.16. The molecule has 4 rings (SSSR count). The Bertz CT molecular complexity index is 918. The molecule has 3 aromatic rings. The average Bonchev–Trinajstić information content (AvgIpc) is 2.98. The van der Waals surface area contributed by atoms with Crippen LogP contribution in [0.3, 0.4) is 0 Å². The normalized spacial score (nSPS) is 16.5. The van der Waals surface area contributed by atoms with Gasteiger partial charge >= 0.3 is 0 Å². The fourth-order valence-corrected chi connectivity index (χ4v) is 3.20. The molecule has 0 aliphatic carbocycles. The molecule has 0 fully saturated rings. The highest BCUT2D eigenvalue weighted by Crippen LogP contribution is 2.37. The van der Waals surface area contributed by atoms with Gasteiger partial charge in [-0.2, -0.15) is 0 Å². The van der Waals surface area contributed by atoms with E-state index < -0.39 is 0 Å². The minimum absolute atomic E-state index is 0.0654. The number of fused-ring (bicyclic) bond motifs is 1. The van der Waals surface area contributed by atoms with Gasteiger partial charge < -0.3 is 10.4 Å². The zero-order chi connectivity index (χ0) is 16.7. The fraction of sp³-hybridized carbons (Fsp3) is 0.111. The number of aromatic nitrogens is 2. The number of hydrogen-bond donors (Lipinski definition) is 2. The number of carbonyl (C=O) groups excluding carboxylic acids is 1. The maximum Gasteiger partial charge on any atom is 0.226 e. The van der Waals surface area contributed by atoms with Crippen LogP contribution in [0.1, 0.15) is 23.6 Å². The van der Waals surface area contributed by atoms with E-state index in [0.29, 0.717) is 17.3 Å². The number of rotatable bonds is 2. The number of hydrogen-bond acceptors (Lipinski definition) is 3. The highest BCUT2D eigenvalue weighted by molar-refractivity contribution is 6.30. The lowest BCUT2D eigenvalue weighted by atomic mass is 9.90. The van der Waals surface area contributed by atoms with E-state index in [4.69, 9.17) is 11.6 Å². The number of nitrogens with one attached hydrogen (secondary N) is 1. The van der Waals surface area contributed by atoms with Gasteiger partial charge in [-0.3, -0.25) is 9.36 Å². The summed E-state index contributed by atoms with van der Waals surface area (Å²) < 4.78 is 1.83. The summed E-state index contributed by atoms with van der Waals surface area (Å²) in [7, 11) is 0. The van der Waals surface area contributed by atoms with E-state index in [1.165, 1.54) is 0 Å². The van der Waals surface area contributed by atoms with E-state index in [2.05, 4.69) is 10.3 Å². The van der Waals surface area contributed by atoms with Crippen LogP contribution >= 0.6 is 11.6 Å². The number of amides is 1. The number of phenols is 1. The molecule has 2 heterocycles. The maximum absolute atomic E-state index is 12.2. The van der Waals surface area contributed by atoms with Crippen LogP contribution in [-0.2, 0) is 4.79 Å². The van der Waals surface area contributed by atoms with Crippen LogP contribution in [-0.4, -0.2) is 20.6 Å². The maximum atomic E-state index is 12.2. The molecule has 0 radical (unpaired) electrons. The molecule has 1 aliphatic rings. The smallest absolute Gasteiger partial charge is 0.226 e. The van der Waals surface area contributed by atoms with E-state index in [0.717, 1.165) is 16.9 Å². The Hall–Kier alpha value is -2.79. The Balaban J connectivity index is 1.81. The molecular formula is C18H14ClN3O2. The summed E-state index contributed by atoms with van der Waals surface area (Å²) >= 11 is 6.07. The Morgan fingerprint density at radius 2 is 2.00 bits per heavy atom. The van der Waals surface area contributed by atoms with E-state index in [-0.39, 0.29) is 17.6 Å². The topological polar surface area (TPSA) is 67.1 Å². The van der Waals surface area contributed by atoms with Gasteiger partial charge in [0.05, 0.1) is 5.69 Å². The van der Waals surface area contributed by atoms with Gasteiger partial charge in [-0.05, 0) is 35.9 Å². The number of phenolic OH excluding ortho intramolecular Hbond substituents is 1. The van der Waals surface area contributed by atoms with Gasteiger partial charge in [-0.15, -0.1) is 0 Å². The predicted molar refractivity (Wildman–Crippen MR) is 91.8 cm³/mol. The van der Waals surface area contributed by atoms with Crippen LogP contribution < -0.4 is 5.32 Å². The second-order valence-electron chi connectivity index (χ2n) is 5.72. The van der Waals surface area contributed by atoms with Crippen LogP contribution in [0, 0.1) is 0 Å². The molecule has 1 atom stereocenters. The highest BCUT2D eigenvalue weighted by atomic mass is 35.5. The third-order valence-electron chi connectivity index (χ3n) is 4.16. The fourth-order valence-electron chi connectivity index (χ4n) is 3.01. The lowest BCUT2D eigenvalue weighted by molar-refractivity contribution is -0.116. The van der Waals surface area contributed by atoms with E-state index >= 15 is 0 Å². The molecule has 24 heavy (non-hydrogen) atoms. The molecule has 1 aromatic heterocycles. The van der Waals surface area contributed by atoms with E-state index in [1.807, 2.05) is 34.9 Å². The SMILES string of the molecule is O=C1C[C@@H](c2ccc(O)cc2)c2ncn(-c3cccc(Cl)c3)c2N1. The molecule has 2 aromatic carbocycles. The lowest BCUT2D eigenvalue weighted by Crippen LogP contribution is -2.24. The van der Waals surface area contributed by atoms with Crippen molar-refractivity contribution < 1.29 is 9.90 Å². The third-order valence-corrected chi connectivity index (χ3v) is 4.39. The van der Waals surface area contributed by atoms with Crippen molar-refractivity contribution in [3.8, 4) is 11.4 Å². The van der Waals surface area contributed by atoms with Gasteiger partial charge in [0.15, 0.2) is 0 Å². The number of aromatic hydroxyl groups is 1. The molecule has 0 saturated heterocycles. The largest absolute Gasteiger partial charge is 0.508 e. The van der Waals surface area contributed by atoms with Crippen LogP contribution in [0.2, 0.25) is 5.02 Å². The highest BCUT2D eigenvalue weighted by Gasteiger charge is 2.30. The molecular weight excluding hydrogens is 326 g/mol. The first-order valence-electron chi connectivity index (χ1n) is 7.54. The van der Waals surface area contributed by atoms with Crippen LogP contribution in [0.4, 0.5) is 5.82 Å². The minimum atomic E-state index is -0.144. The van der Waals surface area contributed by atoms with Gasteiger partial charge in [0.1, 0.15) is 17.9 Å². The van der Waals surface area contributed by atoms with Crippen molar-refractivity contribution in [3.05, 3.63) is 71.1 Å². The standard InChI is InChI=1S/C18H14ClN3O2/c19-12-2-1-3-13(8-12)22-10-20-17-15(9-16(24)21-18(17)22)11-4-6-14(23)7-5-11/h1-8,10,15,23H,9H2,(H,21,24)/t15-/m0/s1. The van der Waals surface area contributed by atoms with Crippen molar-refractivity contribution in [1.82, 2.24) is 9.55 Å². The van der Waals surface area contributed by atoms with Gasteiger partial charge in [0.2, 0.25) is 5.91 Å². The summed E-state index contributed by atoms with van der Waals surface area (Å²) in [5, 5.41) is 13.0. The second kappa shape index (κ2) is 5.69. The quantitative estimate of drug-likeness (QED) is 0.748. The number of carbonyl (C=O) groups is 1. The molecule has 0 spiro atoms. The summed E-state index contributed by atoms with van der Waals surface area (Å²) in [5.41, 5.74) is 2.59. The first-order valence-corrected chi connectivity index (χ1v) is 7.91. The number of halogens is 1. The van der Waals surface area contributed by atoms with Crippen molar-refractivity contribution in [3.63, 3.8) is 0 Å². The number of benzene rings is 2. The Labute approximate surface area is 143 Å². The summed E-state index contributed by atoms with van der Waals surface area (Å²) in [6.07, 6.45) is 2.01. The summed E-state index contributed by atoms with van der Waals surface area (Å²) in [6.45, 7) is 0. The third kappa shape index (κ3) is 2.53. The summed E-state index contributed by atoms with van der Waals surface area (Å²) in [6, 6.07) is 14.3. The van der Waals surface area contributed by atoms with Crippen molar-refractivity contribution in [2.45, 2.75) is 12.3 Å². The van der Waals surface area contributed by atoms with Crippen molar-refractivity contribution >= 4 is 23.3 Å². The summed E-state index contributed by atoms with van der Waals surface area (Å²) in [4.78, 5) is 16.7. The van der Waals surface area contributed by atoms with Crippen molar-refractivity contribution in [1.29, 1.82) is 0 Å². The molecule has 5 nitrogen and oxygen atoms in total. The molecule has 1 aliphatic heterocycles. The monoisotopic (exact) mass is 339 g/mol. The van der Waals surface area contributed by atoms with Gasteiger partial charge in [0.25, 0.3) is 0 Å². The zero-order valence-electron chi connectivity index (χ0n) is 12.6. The van der Waals surface area contributed by atoms with Crippen LogP contribution in [0.15, 0.2) is 54.9 Å². The van der Waals surface area contributed by atoms with Gasteiger partial charge in [0, 0.05) is 23.0 Å². The molecule has 120 valence electrons. The van der Waals surface area contributed by atoms with Gasteiger partial charge in [-0.25, -0.2) is 4.98 Å². The average molecular weight is 340 g/mol. The Morgan fingerprint density at radius 3 is 2.75 bits per heavy atom. The van der Waals surface area contributed by atoms with Crippen molar-refractivity contribution in [2.75, 3.05) is 5.32 Å². The van der Waals surface area contributed by atoms with Crippen LogP contribution in [0.5, 0.6) is 5.75 Å². The molecule has 1 amide bonds. The van der Waals surface area contributed by atoms with E-state index in [1.54, 1.807) is 24.5 Å². The zero-order valence-corrected chi connectivity index (χ0v) is 13.4. The van der Waals surface area contributed by atoms with Crippen molar-refractivity contribution in [2.24, 2.45) is 0 Å². The predicted octanol–water partition coefficient (Wildman–Crippen LogP) is 3.71. The number of imidazole rings is 1. The van der Waals surface area contributed by atoms with E-state index in [9.17, 15) is 9.90 Å². The number of anilines is 1. The first kappa shape index (κ1) is 14.8. The molecule has 0 unspecified atom stereocenters. The number of nitrogens with zero attached hydrogens (tertiary/aromatic N) is 2. The lowest BCUT2D eigenvalue weighted by Gasteiger charge is -2.23. The minimum Gasteiger partial charge on any atom is -0.508 e.